The SMILES string of the molecule is O=C(COC1CCNCC1)c1cncc(F)c1. The monoisotopic (exact) mass is 238 g/mol. The highest BCUT2D eigenvalue weighted by molar-refractivity contribution is 5.96. The molecule has 92 valence electrons. The second-order valence-electron chi connectivity index (χ2n) is 4.08. The van der Waals surface area contributed by atoms with E-state index < -0.39 is 5.82 Å². The van der Waals surface area contributed by atoms with Crippen molar-refractivity contribution in [3.05, 3.63) is 29.8 Å². The average Bonchev–Trinajstić information content (AvgIpc) is 2.37. The fourth-order valence-corrected chi connectivity index (χ4v) is 1.80. The van der Waals surface area contributed by atoms with Crippen LogP contribution in [-0.4, -0.2) is 36.6 Å². The van der Waals surface area contributed by atoms with Crippen LogP contribution in [0.25, 0.3) is 0 Å². The molecule has 1 aromatic heterocycles. The van der Waals surface area contributed by atoms with Gasteiger partial charge in [0.1, 0.15) is 12.4 Å². The van der Waals surface area contributed by atoms with Gasteiger partial charge in [0.15, 0.2) is 5.78 Å². The number of ether oxygens (including phenoxy) is 1. The summed E-state index contributed by atoms with van der Waals surface area (Å²) in [6, 6.07) is 1.18. The minimum atomic E-state index is -0.502. The largest absolute Gasteiger partial charge is 0.370 e. The Morgan fingerprint density at radius 3 is 2.94 bits per heavy atom. The summed E-state index contributed by atoms with van der Waals surface area (Å²) in [5.74, 6) is -0.728. The molecule has 1 aliphatic heterocycles. The Morgan fingerprint density at radius 1 is 1.47 bits per heavy atom. The molecule has 1 aromatic rings. The molecule has 0 amide bonds. The fraction of sp³-hybridized carbons (Fsp3) is 0.500. The van der Waals surface area contributed by atoms with Crippen LogP contribution in [0.5, 0.6) is 0 Å². The number of Topliss-reactive ketones (excluding diaryl/α,β-unsaturated/α-hetero) is 1. The molecule has 0 aliphatic carbocycles. The molecule has 0 bridgehead atoms. The van der Waals surface area contributed by atoms with E-state index in [2.05, 4.69) is 10.3 Å². The summed E-state index contributed by atoms with van der Waals surface area (Å²) < 4.78 is 18.4. The van der Waals surface area contributed by atoms with E-state index in [0.717, 1.165) is 32.1 Å². The Kier molecular flexibility index (Phi) is 4.17. The Hall–Kier alpha value is -1.33. The highest BCUT2D eigenvalue weighted by Crippen LogP contribution is 2.09. The summed E-state index contributed by atoms with van der Waals surface area (Å²) >= 11 is 0. The highest BCUT2D eigenvalue weighted by atomic mass is 19.1. The van der Waals surface area contributed by atoms with E-state index in [9.17, 15) is 9.18 Å². The summed E-state index contributed by atoms with van der Waals surface area (Å²) in [7, 11) is 0. The third kappa shape index (κ3) is 3.57. The van der Waals surface area contributed by atoms with Crippen molar-refractivity contribution in [2.24, 2.45) is 0 Å². The van der Waals surface area contributed by atoms with Crippen molar-refractivity contribution < 1.29 is 13.9 Å². The predicted molar refractivity (Wildman–Crippen MR) is 60.4 cm³/mol. The molecule has 5 heteroatoms. The lowest BCUT2D eigenvalue weighted by atomic mass is 10.1. The summed E-state index contributed by atoms with van der Waals surface area (Å²) in [5.41, 5.74) is 0.263. The first-order chi connectivity index (χ1) is 8.25. The van der Waals surface area contributed by atoms with Crippen LogP contribution in [0.1, 0.15) is 23.2 Å². The van der Waals surface area contributed by atoms with Gasteiger partial charge in [-0.2, -0.15) is 0 Å². The maximum absolute atomic E-state index is 12.9. The van der Waals surface area contributed by atoms with Crippen LogP contribution in [0.4, 0.5) is 4.39 Å². The van der Waals surface area contributed by atoms with Crippen LogP contribution in [0.15, 0.2) is 18.5 Å². The number of rotatable bonds is 4. The normalized spacial score (nSPS) is 17.0. The fourth-order valence-electron chi connectivity index (χ4n) is 1.80. The van der Waals surface area contributed by atoms with E-state index in [1.165, 1.54) is 12.3 Å². The van der Waals surface area contributed by atoms with Gasteiger partial charge in [-0.1, -0.05) is 0 Å². The van der Waals surface area contributed by atoms with Crippen LogP contribution in [0.2, 0.25) is 0 Å². The number of ketones is 1. The molecule has 4 nitrogen and oxygen atoms in total. The Labute approximate surface area is 99.2 Å². The van der Waals surface area contributed by atoms with Gasteiger partial charge in [-0.05, 0) is 32.0 Å². The topological polar surface area (TPSA) is 51.2 Å². The second kappa shape index (κ2) is 5.84. The number of pyridine rings is 1. The van der Waals surface area contributed by atoms with E-state index in [1.54, 1.807) is 0 Å². The Morgan fingerprint density at radius 2 is 2.24 bits per heavy atom. The zero-order chi connectivity index (χ0) is 12.1. The van der Waals surface area contributed by atoms with Gasteiger partial charge >= 0.3 is 0 Å². The van der Waals surface area contributed by atoms with Gasteiger partial charge in [-0.25, -0.2) is 4.39 Å². The quantitative estimate of drug-likeness (QED) is 0.800. The van der Waals surface area contributed by atoms with E-state index in [0.29, 0.717) is 0 Å². The number of aromatic nitrogens is 1. The molecule has 0 aromatic carbocycles. The van der Waals surface area contributed by atoms with Crippen molar-refractivity contribution in [1.82, 2.24) is 10.3 Å². The lowest BCUT2D eigenvalue weighted by Gasteiger charge is -2.22. The third-order valence-corrected chi connectivity index (χ3v) is 2.76. The number of hydrogen-bond donors (Lipinski definition) is 1. The molecule has 0 unspecified atom stereocenters. The number of carbonyl (C=O) groups excluding carboxylic acids is 1. The maximum Gasteiger partial charge on any atom is 0.190 e. The van der Waals surface area contributed by atoms with E-state index in [1.807, 2.05) is 0 Å². The van der Waals surface area contributed by atoms with Gasteiger partial charge in [0.25, 0.3) is 0 Å². The van der Waals surface area contributed by atoms with Crippen molar-refractivity contribution in [2.45, 2.75) is 18.9 Å². The number of carbonyl (C=O) groups is 1. The Balaban J connectivity index is 1.84. The molecular weight excluding hydrogens is 223 g/mol. The van der Waals surface area contributed by atoms with Crippen molar-refractivity contribution >= 4 is 5.78 Å². The van der Waals surface area contributed by atoms with Gasteiger partial charge in [0.2, 0.25) is 0 Å². The average molecular weight is 238 g/mol. The van der Waals surface area contributed by atoms with Crippen molar-refractivity contribution in [3.8, 4) is 0 Å². The molecule has 0 saturated carbocycles. The number of nitrogens with one attached hydrogen (secondary N) is 1. The van der Waals surface area contributed by atoms with E-state index in [-0.39, 0.29) is 24.1 Å². The zero-order valence-corrected chi connectivity index (χ0v) is 9.49. The Bertz CT molecular complexity index is 392. The first-order valence-corrected chi connectivity index (χ1v) is 5.72. The smallest absolute Gasteiger partial charge is 0.190 e. The number of nitrogens with zero attached hydrogens (tertiary/aromatic N) is 1. The molecule has 1 aliphatic rings. The van der Waals surface area contributed by atoms with E-state index >= 15 is 0 Å². The number of hydrogen-bond acceptors (Lipinski definition) is 4. The molecule has 1 fully saturated rings. The summed E-state index contributed by atoms with van der Waals surface area (Å²) in [4.78, 5) is 15.3. The van der Waals surface area contributed by atoms with Crippen molar-refractivity contribution in [2.75, 3.05) is 19.7 Å². The molecule has 2 rings (SSSR count). The molecule has 1 saturated heterocycles. The van der Waals surface area contributed by atoms with Crippen molar-refractivity contribution in [3.63, 3.8) is 0 Å². The zero-order valence-electron chi connectivity index (χ0n) is 9.49. The van der Waals surface area contributed by atoms with Crippen LogP contribution in [0, 0.1) is 5.82 Å². The summed E-state index contributed by atoms with van der Waals surface area (Å²) in [6.07, 6.45) is 4.38. The third-order valence-electron chi connectivity index (χ3n) is 2.76. The van der Waals surface area contributed by atoms with Gasteiger partial charge in [0, 0.05) is 11.8 Å². The maximum atomic E-state index is 12.9. The van der Waals surface area contributed by atoms with Gasteiger partial charge in [-0.3, -0.25) is 9.78 Å². The molecule has 0 atom stereocenters. The highest BCUT2D eigenvalue weighted by Gasteiger charge is 2.15. The lowest BCUT2D eigenvalue weighted by Crippen LogP contribution is -2.33. The lowest BCUT2D eigenvalue weighted by molar-refractivity contribution is 0.0317. The molecule has 17 heavy (non-hydrogen) atoms. The summed E-state index contributed by atoms with van der Waals surface area (Å²) in [5, 5.41) is 3.22. The van der Waals surface area contributed by atoms with Crippen LogP contribution in [-0.2, 0) is 4.74 Å². The first-order valence-electron chi connectivity index (χ1n) is 5.72. The van der Waals surface area contributed by atoms with Crippen molar-refractivity contribution in [1.29, 1.82) is 0 Å². The first kappa shape index (κ1) is 12.1. The standard InChI is InChI=1S/C12H15FN2O2/c13-10-5-9(6-15-7-10)12(16)8-17-11-1-3-14-4-2-11/h5-7,11,14H,1-4,8H2. The van der Waals surface area contributed by atoms with Gasteiger partial charge in [-0.15, -0.1) is 0 Å². The second-order valence-corrected chi connectivity index (χ2v) is 4.08. The molecular formula is C12H15FN2O2. The van der Waals surface area contributed by atoms with Crippen LogP contribution >= 0.6 is 0 Å². The van der Waals surface area contributed by atoms with Crippen LogP contribution < -0.4 is 5.32 Å². The van der Waals surface area contributed by atoms with Gasteiger partial charge in [0.05, 0.1) is 12.3 Å². The summed E-state index contributed by atoms with van der Waals surface area (Å²) in [6.45, 7) is 1.83. The van der Waals surface area contributed by atoms with Crippen LogP contribution in [0.3, 0.4) is 0 Å². The molecule has 1 N–H and O–H groups in total. The molecule has 2 heterocycles. The minimum Gasteiger partial charge on any atom is -0.370 e. The number of piperidine rings is 1. The van der Waals surface area contributed by atoms with E-state index in [4.69, 9.17) is 4.74 Å². The number of halogens is 1. The minimum absolute atomic E-state index is 0.00417. The molecule has 0 radical (unpaired) electrons. The molecule has 0 spiro atoms. The predicted octanol–water partition coefficient (Wildman–Crippen LogP) is 1.17. The van der Waals surface area contributed by atoms with Gasteiger partial charge < -0.3 is 10.1 Å².